The summed E-state index contributed by atoms with van der Waals surface area (Å²) in [7, 11) is 1.58. The topological polar surface area (TPSA) is 97.9 Å². The predicted octanol–water partition coefficient (Wildman–Crippen LogP) is 2.93. The Morgan fingerprint density at radius 1 is 0.973 bits per heavy atom. The second-order valence-electron chi connectivity index (χ2n) is 9.14. The van der Waals surface area contributed by atoms with Gasteiger partial charge in [-0.05, 0) is 61.4 Å². The van der Waals surface area contributed by atoms with Gasteiger partial charge in [0.2, 0.25) is 0 Å². The summed E-state index contributed by atoms with van der Waals surface area (Å²) >= 11 is 0. The molecule has 194 valence electrons. The number of primary amides is 1. The van der Waals surface area contributed by atoms with E-state index in [-0.39, 0.29) is 24.1 Å². The van der Waals surface area contributed by atoms with Gasteiger partial charge in [-0.2, -0.15) is 0 Å². The Morgan fingerprint density at radius 2 is 1.62 bits per heavy atom. The minimum atomic E-state index is -0.585. The van der Waals surface area contributed by atoms with Gasteiger partial charge >= 0.3 is 0 Å². The smallest absolute Gasteiger partial charge is 0.253 e. The summed E-state index contributed by atoms with van der Waals surface area (Å²) in [4.78, 5) is 41.9. The van der Waals surface area contributed by atoms with Crippen LogP contribution in [0.5, 0.6) is 5.75 Å². The number of nitrogens with zero attached hydrogens (tertiary/aromatic N) is 3. The minimum absolute atomic E-state index is 0.0509. The molecule has 1 aromatic heterocycles. The van der Waals surface area contributed by atoms with Crippen molar-refractivity contribution in [2.45, 2.75) is 19.9 Å². The second kappa shape index (κ2) is 11.4. The summed E-state index contributed by atoms with van der Waals surface area (Å²) in [6.07, 6.45) is 0.570. The quantitative estimate of drug-likeness (QED) is 0.450. The van der Waals surface area contributed by atoms with E-state index in [4.69, 9.17) is 10.5 Å². The fraction of sp³-hybridized carbons (Fsp3) is 0.321. The lowest BCUT2D eigenvalue weighted by Crippen LogP contribution is -2.50. The highest BCUT2D eigenvalue weighted by Gasteiger charge is 2.26. The van der Waals surface area contributed by atoms with Crippen molar-refractivity contribution in [2.75, 3.05) is 39.8 Å². The Balaban J connectivity index is 1.40. The van der Waals surface area contributed by atoms with Gasteiger partial charge in [0.1, 0.15) is 11.6 Å². The third-order valence-electron chi connectivity index (χ3n) is 6.82. The molecule has 2 amide bonds. The summed E-state index contributed by atoms with van der Waals surface area (Å²) in [5.74, 6) is -0.372. The number of Topliss-reactive ketones (excluding diaryl/α,β-unsaturated/α-hetero) is 1. The van der Waals surface area contributed by atoms with Gasteiger partial charge in [-0.3, -0.25) is 19.3 Å². The van der Waals surface area contributed by atoms with Crippen LogP contribution in [0.2, 0.25) is 0 Å². The predicted molar refractivity (Wildman–Crippen MR) is 137 cm³/mol. The summed E-state index contributed by atoms with van der Waals surface area (Å²) in [5.41, 5.74) is 8.44. The minimum Gasteiger partial charge on any atom is -0.497 e. The third kappa shape index (κ3) is 6.06. The lowest BCUT2D eigenvalue weighted by atomic mass is 10.1. The first-order chi connectivity index (χ1) is 17.8. The first kappa shape index (κ1) is 26.1. The fourth-order valence-corrected chi connectivity index (χ4v) is 4.62. The maximum Gasteiger partial charge on any atom is 0.253 e. The molecule has 2 N–H and O–H groups in total. The van der Waals surface area contributed by atoms with E-state index in [2.05, 4.69) is 0 Å². The number of ketones is 1. The van der Waals surface area contributed by atoms with Crippen LogP contribution in [-0.4, -0.2) is 71.8 Å². The fourth-order valence-electron chi connectivity index (χ4n) is 4.62. The van der Waals surface area contributed by atoms with Gasteiger partial charge in [0, 0.05) is 44.0 Å². The van der Waals surface area contributed by atoms with E-state index < -0.39 is 5.91 Å². The molecular formula is C28H31FN4O4. The van der Waals surface area contributed by atoms with Gasteiger partial charge in [0.25, 0.3) is 11.8 Å². The van der Waals surface area contributed by atoms with E-state index in [1.165, 1.54) is 12.1 Å². The average molecular weight is 507 g/mol. The molecule has 0 atom stereocenters. The first-order valence-corrected chi connectivity index (χ1v) is 12.2. The maximum absolute atomic E-state index is 13.3. The number of rotatable bonds is 9. The van der Waals surface area contributed by atoms with Crippen molar-refractivity contribution in [3.8, 4) is 5.75 Å². The molecule has 4 rings (SSSR count). The number of carbonyl (C=O) groups excluding carboxylic acids is 3. The zero-order valence-electron chi connectivity index (χ0n) is 21.1. The van der Waals surface area contributed by atoms with E-state index >= 15 is 0 Å². The molecule has 0 saturated carbocycles. The van der Waals surface area contributed by atoms with Crippen molar-refractivity contribution in [1.29, 1.82) is 0 Å². The zero-order valence-corrected chi connectivity index (χ0v) is 21.1. The zero-order chi connectivity index (χ0) is 26.5. The normalized spacial score (nSPS) is 14.0. The van der Waals surface area contributed by atoms with Crippen LogP contribution in [0.25, 0.3) is 0 Å². The Kier molecular flexibility index (Phi) is 8.03. The van der Waals surface area contributed by atoms with Gasteiger partial charge < -0.3 is 19.9 Å². The SMILES string of the molecule is COc1ccc(C(=O)N2CCN(CC(=O)c3cc(C(N)=O)c(C)n3CCc3ccc(F)cc3)CC2)cc1. The number of hydrogen-bond donors (Lipinski definition) is 1. The van der Waals surface area contributed by atoms with Crippen molar-refractivity contribution < 1.29 is 23.5 Å². The molecule has 0 aliphatic carbocycles. The molecule has 0 unspecified atom stereocenters. The molecule has 1 fully saturated rings. The van der Waals surface area contributed by atoms with Crippen molar-refractivity contribution in [3.05, 3.63) is 88.5 Å². The number of nitrogens with two attached hydrogens (primary N) is 1. The molecule has 8 nitrogen and oxygen atoms in total. The average Bonchev–Trinajstić information content (AvgIpc) is 3.25. The van der Waals surface area contributed by atoms with Crippen LogP contribution >= 0.6 is 0 Å². The summed E-state index contributed by atoms with van der Waals surface area (Å²) < 4.78 is 20.2. The Bertz CT molecular complexity index is 1280. The Morgan fingerprint density at radius 3 is 2.22 bits per heavy atom. The van der Waals surface area contributed by atoms with Crippen LogP contribution in [0, 0.1) is 12.7 Å². The second-order valence-corrected chi connectivity index (χ2v) is 9.14. The molecule has 0 radical (unpaired) electrons. The molecule has 0 spiro atoms. The van der Waals surface area contributed by atoms with Gasteiger partial charge in [-0.1, -0.05) is 12.1 Å². The summed E-state index contributed by atoms with van der Waals surface area (Å²) in [6.45, 7) is 4.53. The third-order valence-corrected chi connectivity index (χ3v) is 6.82. The van der Waals surface area contributed by atoms with Gasteiger partial charge in [0.15, 0.2) is 5.78 Å². The number of aryl methyl sites for hydroxylation is 1. The van der Waals surface area contributed by atoms with E-state index in [0.717, 1.165) is 5.56 Å². The van der Waals surface area contributed by atoms with E-state index in [9.17, 15) is 18.8 Å². The van der Waals surface area contributed by atoms with Crippen molar-refractivity contribution in [1.82, 2.24) is 14.4 Å². The molecule has 2 aromatic carbocycles. The lowest BCUT2D eigenvalue weighted by Gasteiger charge is -2.34. The van der Waals surface area contributed by atoms with Crippen molar-refractivity contribution in [3.63, 3.8) is 0 Å². The molecular weight excluding hydrogens is 475 g/mol. The number of aromatic nitrogens is 1. The Labute approximate surface area is 215 Å². The summed E-state index contributed by atoms with van der Waals surface area (Å²) in [5, 5.41) is 0. The molecule has 1 aliphatic heterocycles. The van der Waals surface area contributed by atoms with Crippen LogP contribution in [0.4, 0.5) is 4.39 Å². The molecule has 2 heterocycles. The number of piperazine rings is 1. The van der Waals surface area contributed by atoms with Gasteiger partial charge in [0.05, 0.1) is 24.9 Å². The first-order valence-electron chi connectivity index (χ1n) is 12.2. The van der Waals surface area contributed by atoms with Gasteiger partial charge in [-0.15, -0.1) is 0 Å². The molecule has 37 heavy (non-hydrogen) atoms. The van der Waals surface area contributed by atoms with E-state index in [1.54, 1.807) is 61.4 Å². The number of benzene rings is 2. The molecule has 9 heteroatoms. The van der Waals surface area contributed by atoms with Crippen molar-refractivity contribution in [2.24, 2.45) is 5.73 Å². The molecule has 3 aromatic rings. The number of methoxy groups -OCH3 is 1. The van der Waals surface area contributed by atoms with Crippen LogP contribution in [0.3, 0.4) is 0 Å². The number of amides is 2. The maximum atomic E-state index is 13.3. The number of carbonyl (C=O) groups is 3. The van der Waals surface area contributed by atoms with Gasteiger partial charge in [-0.25, -0.2) is 4.39 Å². The molecule has 1 saturated heterocycles. The van der Waals surface area contributed by atoms with Crippen LogP contribution in [0.15, 0.2) is 54.6 Å². The number of ether oxygens (including phenoxy) is 1. The number of halogens is 1. The van der Waals surface area contributed by atoms with Crippen molar-refractivity contribution >= 4 is 17.6 Å². The van der Waals surface area contributed by atoms with Crippen LogP contribution in [0.1, 0.15) is 42.5 Å². The monoisotopic (exact) mass is 506 g/mol. The van der Waals surface area contributed by atoms with Crippen LogP contribution in [-0.2, 0) is 13.0 Å². The standard InChI is InChI=1S/C28H31FN4O4/c1-19-24(27(30)35)17-25(33(19)12-11-20-3-7-22(29)8-4-20)26(34)18-31-13-15-32(16-14-31)28(36)21-5-9-23(37-2)10-6-21/h3-10,17H,11-16,18H2,1-2H3,(H2,30,35). The Hall–Kier alpha value is -3.98. The highest BCUT2D eigenvalue weighted by molar-refractivity contribution is 6.01. The number of hydrogen-bond acceptors (Lipinski definition) is 5. The highest BCUT2D eigenvalue weighted by Crippen LogP contribution is 2.19. The molecule has 1 aliphatic rings. The van der Waals surface area contributed by atoms with E-state index in [0.29, 0.717) is 67.4 Å². The summed E-state index contributed by atoms with van der Waals surface area (Å²) in [6, 6.07) is 14.8. The largest absolute Gasteiger partial charge is 0.497 e. The lowest BCUT2D eigenvalue weighted by molar-refractivity contribution is 0.0623. The highest BCUT2D eigenvalue weighted by atomic mass is 19.1. The van der Waals surface area contributed by atoms with Crippen LogP contribution < -0.4 is 10.5 Å². The van der Waals surface area contributed by atoms with E-state index in [1.807, 2.05) is 9.47 Å². The molecule has 0 bridgehead atoms.